The van der Waals surface area contributed by atoms with Crippen LogP contribution < -0.4 is 10.9 Å². The number of pyridine rings is 1. The van der Waals surface area contributed by atoms with Gasteiger partial charge in [-0.15, -0.1) is 0 Å². The monoisotopic (exact) mass is 548 g/mol. The number of benzene rings is 2. The molecule has 4 rings (SSSR count). The zero-order valence-electron chi connectivity index (χ0n) is 22.5. The van der Waals surface area contributed by atoms with Crippen molar-refractivity contribution < 1.29 is 18.4 Å². The summed E-state index contributed by atoms with van der Waals surface area (Å²) in [5, 5.41) is 3.46. The summed E-state index contributed by atoms with van der Waals surface area (Å²) in [4.78, 5) is 50.6. The number of hydrogen-bond donors (Lipinski definition) is 1. The second kappa shape index (κ2) is 12.6. The van der Waals surface area contributed by atoms with Gasteiger partial charge in [-0.25, -0.2) is 13.8 Å². The highest BCUT2D eigenvalue weighted by Gasteiger charge is 2.15. The number of amides is 2. The molecule has 0 bridgehead atoms. The Morgan fingerprint density at radius 2 is 1.73 bits per heavy atom. The van der Waals surface area contributed by atoms with Gasteiger partial charge in [0.1, 0.15) is 5.56 Å². The van der Waals surface area contributed by atoms with Crippen molar-refractivity contribution >= 4 is 22.7 Å². The molecule has 0 fully saturated rings. The molecule has 0 aliphatic heterocycles. The summed E-state index contributed by atoms with van der Waals surface area (Å²) >= 11 is 0. The molecular weight excluding hydrogens is 518 g/mol. The SMILES string of the molecule is CN(C)CCCN(C)C(=O)c1cnc2ccc(CNC(=O)c3cncn(Cc4ccc(F)c(F)c4)c3=O)cc2c1. The van der Waals surface area contributed by atoms with Crippen molar-refractivity contribution in [2.75, 3.05) is 34.2 Å². The molecule has 0 atom stereocenters. The van der Waals surface area contributed by atoms with Crippen molar-refractivity contribution in [3.63, 3.8) is 0 Å². The second-order valence-corrected chi connectivity index (χ2v) is 9.81. The molecule has 0 spiro atoms. The van der Waals surface area contributed by atoms with Crippen molar-refractivity contribution in [1.29, 1.82) is 0 Å². The number of halogens is 2. The van der Waals surface area contributed by atoms with Crippen LogP contribution in [0.1, 0.15) is 38.3 Å². The molecule has 0 saturated heterocycles. The molecule has 0 aliphatic rings. The summed E-state index contributed by atoms with van der Waals surface area (Å²) in [6.45, 7) is 1.55. The molecule has 0 saturated carbocycles. The Balaban J connectivity index is 1.44. The van der Waals surface area contributed by atoms with Crippen LogP contribution in [-0.4, -0.2) is 70.4 Å². The third-order valence-corrected chi connectivity index (χ3v) is 6.37. The number of carbonyl (C=O) groups excluding carboxylic acids is 2. The minimum absolute atomic E-state index is 0.0757. The quantitative estimate of drug-likeness (QED) is 0.327. The van der Waals surface area contributed by atoms with Crippen LogP contribution in [0.2, 0.25) is 0 Å². The first-order valence-electron chi connectivity index (χ1n) is 12.7. The highest BCUT2D eigenvalue weighted by Crippen LogP contribution is 2.17. The highest BCUT2D eigenvalue weighted by molar-refractivity contribution is 5.97. The van der Waals surface area contributed by atoms with Gasteiger partial charge in [0.15, 0.2) is 11.6 Å². The molecule has 11 heteroatoms. The summed E-state index contributed by atoms with van der Waals surface area (Å²) in [6.07, 6.45) is 4.81. The number of rotatable bonds is 10. The van der Waals surface area contributed by atoms with E-state index in [4.69, 9.17) is 0 Å². The summed E-state index contributed by atoms with van der Waals surface area (Å²) in [5.74, 6) is -2.76. The maximum absolute atomic E-state index is 13.5. The molecule has 40 heavy (non-hydrogen) atoms. The minimum Gasteiger partial charge on any atom is -0.348 e. The Hall–Kier alpha value is -4.51. The Bertz CT molecular complexity index is 1600. The molecular formula is C29H30F2N6O3. The number of aromatic nitrogens is 3. The number of hydrogen-bond acceptors (Lipinski definition) is 6. The van der Waals surface area contributed by atoms with E-state index in [1.807, 2.05) is 20.2 Å². The van der Waals surface area contributed by atoms with Crippen LogP contribution in [0.15, 0.2) is 66.0 Å². The molecule has 9 nitrogen and oxygen atoms in total. The van der Waals surface area contributed by atoms with E-state index in [1.165, 1.54) is 12.4 Å². The van der Waals surface area contributed by atoms with Crippen molar-refractivity contribution in [3.8, 4) is 0 Å². The summed E-state index contributed by atoms with van der Waals surface area (Å²) in [5.41, 5.74) is 1.48. The molecule has 1 N–H and O–H groups in total. The summed E-state index contributed by atoms with van der Waals surface area (Å²) in [7, 11) is 5.74. The maximum Gasteiger partial charge on any atom is 0.266 e. The average molecular weight is 549 g/mol. The van der Waals surface area contributed by atoms with E-state index >= 15 is 0 Å². The van der Waals surface area contributed by atoms with E-state index in [-0.39, 0.29) is 24.6 Å². The average Bonchev–Trinajstić information content (AvgIpc) is 2.93. The second-order valence-electron chi connectivity index (χ2n) is 9.81. The highest BCUT2D eigenvalue weighted by atomic mass is 19.2. The summed E-state index contributed by atoms with van der Waals surface area (Å²) < 4.78 is 27.9. The van der Waals surface area contributed by atoms with Crippen LogP contribution in [-0.2, 0) is 13.1 Å². The Kier molecular flexibility index (Phi) is 8.95. The lowest BCUT2D eigenvalue weighted by Crippen LogP contribution is -2.33. The lowest BCUT2D eigenvalue weighted by atomic mass is 10.1. The van der Waals surface area contributed by atoms with E-state index in [2.05, 4.69) is 20.2 Å². The van der Waals surface area contributed by atoms with Crippen molar-refractivity contribution in [3.05, 3.63) is 105 Å². The zero-order chi connectivity index (χ0) is 28.8. The zero-order valence-corrected chi connectivity index (χ0v) is 22.5. The van der Waals surface area contributed by atoms with Crippen LogP contribution in [0.4, 0.5) is 8.78 Å². The standard InChI is InChI=1S/C29H30F2N6O3/c1-35(2)9-4-10-36(3)28(39)22-13-21-11-19(6-8-26(21)33-15-22)14-34-27(38)23-16-32-18-37(29(23)40)17-20-5-7-24(30)25(31)12-20/h5-8,11-13,15-16,18H,4,9-10,14,17H2,1-3H3,(H,34,38). The van der Waals surface area contributed by atoms with Crippen LogP contribution in [0.3, 0.4) is 0 Å². The third kappa shape index (κ3) is 6.92. The van der Waals surface area contributed by atoms with Crippen molar-refractivity contribution in [2.24, 2.45) is 0 Å². The van der Waals surface area contributed by atoms with Gasteiger partial charge in [0.05, 0.1) is 24.0 Å². The van der Waals surface area contributed by atoms with E-state index in [0.29, 0.717) is 23.2 Å². The van der Waals surface area contributed by atoms with Gasteiger partial charge >= 0.3 is 0 Å². The van der Waals surface area contributed by atoms with Gasteiger partial charge in [-0.05, 0) is 68.5 Å². The van der Waals surface area contributed by atoms with Crippen LogP contribution in [0, 0.1) is 11.6 Å². The van der Waals surface area contributed by atoms with Gasteiger partial charge in [0.2, 0.25) is 0 Å². The fraction of sp³-hybridized carbons (Fsp3) is 0.276. The molecule has 0 unspecified atom stereocenters. The molecule has 0 aliphatic carbocycles. The lowest BCUT2D eigenvalue weighted by molar-refractivity contribution is 0.0790. The molecule has 2 amide bonds. The number of nitrogens with zero attached hydrogens (tertiary/aromatic N) is 5. The van der Waals surface area contributed by atoms with E-state index in [9.17, 15) is 23.2 Å². The maximum atomic E-state index is 13.5. The fourth-order valence-electron chi connectivity index (χ4n) is 4.19. The molecule has 4 aromatic rings. The third-order valence-electron chi connectivity index (χ3n) is 6.37. The Labute approximate surface area is 230 Å². The van der Waals surface area contributed by atoms with Gasteiger partial charge in [0, 0.05) is 37.9 Å². The van der Waals surface area contributed by atoms with Gasteiger partial charge in [-0.3, -0.25) is 23.9 Å². The lowest BCUT2D eigenvalue weighted by Gasteiger charge is -2.18. The number of nitrogens with one attached hydrogen (secondary N) is 1. The first-order chi connectivity index (χ1) is 19.1. The van der Waals surface area contributed by atoms with E-state index in [0.717, 1.165) is 46.8 Å². The Morgan fingerprint density at radius 3 is 2.48 bits per heavy atom. The van der Waals surface area contributed by atoms with Crippen molar-refractivity contribution in [2.45, 2.75) is 19.5 Å². The largest absolute Gasteiger partial charge is 0.348 e. The number of fused-ring (bicyclic) bond motifs is 1. The van der Waals surface area contributed by atoms with Crippen LogP contribution in [0.25, 0.3) is 10.9 Å². The van der Waals surface area contributed by atoms with Gasteiger partial charge in [0.25, 0.3) is 17.4 Å². The first kappa shape index (κ1) is 28.5. The first-order valence-corrected chi connectivity index (χ1v) is 12.7. The van der Waals surface area contributed by atoms with Crippen LogP contribution >= 0.6 is 0 Å². The molecule has 2 heterocycles. The van der Waals surface area contributed by atoms with E-state index in [1.54, 1.807) is 36.3 Å². The minimum atomic E-state index is -1.03. The predicted molar refractivity (Wildman–Crippen MR) is 147 cm³/mol. The van der Waals surface area contributed by atoms with Crippen molar-refractivity contribution in [1.82, 2.24) is 29.7 Å². The van der Waals surface area contributed by atoms with Gasteiger partial charge in [-0.2, -0.15) is 0 Å². The number of carbonyl (C=O) groups is 2. The molecule has 2 aromatic carbocycles. The normalized spacial score (nSPS) is 11.2. The van der Waals surface area contributed by atoms with Gasteiger partial charge < -0.3 is 15.1 Å². The van der Waals surface area contributed by atoms with Gasteiger partial charge in [-0.1, -0.05) is 12.1 Å². The topological polar surface area (TPSA) is 100 Å². The smallest absolute Gasteiger partial charge is 0.266 e. The molecule has 0 radical (unpaired) electrons. The molecule has 208 valence electrons. The Morgan fingerprint density at radius 1 is 0.950 bits per heavy atom. The molecule has 2 aromatic heterocycles. The predicted octanol–water partition coefficient (Wildman–Crippen LogP) is 3.07. The summed E-state index contributed by atoms with van der Waals surface area (Å²) in [6, 6.07) is 10.5. The van der Waals surface area contributed by atoms with E-state index < -0.39 is 23.1 Å². The fourth-order valence-corrected chi connectivity index (χ4v) is 4.19. The van der Waals surface area contributed by atoms with Crippen LogP contribution in [0.5, 0.6) is 0 Å².